The van der Waals surface area contributed by atoms with Gasteiger partial charge in [0.15, 0.2) is 5.82 Å². The maximum atomic E-state index is 12.3. The lowest BCUT2D eigenvalue weighted by atomic mass is 10.2. The Bertz CT molecular complexity index is 650. The Balaban J connectivity index is 2.24. The Morgan fingerprint density at radius 1 is 1.04 bits per heavy atom. The van der Waals surface area contributed by atoms with Crippen molar-refractivity contribution in [2.45, 2.75) is 0 Å². The second-order valence-corrected chi connectivity index (χ2v) is 5.00. The number of hydrogen-bond donors (Lipinski definition) is 2. The minimum absolute atomic E-state index is 0.263. The Morgan fingerprint density at radius 3 is 2.46 bits per heavy atom. The Labute approximate surface area is 141 Å². The minimum atomic E-state index is -0.263. The van der Waals surface area contributed by atoms with E-state index in [9.17, 15) is 4.79 Å². The van der Waals surface area contributed by atoms with Crippen LogP contribution in [0.4, 0.5) is 5.82 Å². The van der Waals surface area contributed by atoms with Crippen LogP contribution in [-0.4, -0.2) is 56.4 Å². The summed E-state index contributed by atoms with van der Waals surface area (Å²) in [6.07, 6.45) is 0. The number of hydrogen-bond acceptors (Lipinski definition) is 6. The normalized spacial score (nSPS) is 10.4. The molecular weight excluding hydrogens is 308 g/mol. The fourth-order valence-corrected chi connectivity index (χ4v) is 2.01. The lowest BCUT2D eigenvalue weighted by Gasteiger charge is -2.10. The molecule has 0 saturated heterocycles. The molecule has 128 valence electrons. The molecule has 1 aromatic carbocycles. The van der Waals surface area contributed by atoms with E-state index in [-0.39, 0.29) is 5.91 Å². The highest BCUT2D eigenvalue weighted by molar-refractivity contribution is 5.93. The van der Waals surface area contributed by atoms with Crippen LogP contribution in [0.25, 0.3) is 11.4 Å². The third kappa shape index (κ3) is 5.29. The molecule has 0 spiro atoms. The van der Waals surface area contributed by atoms with Gasteiger partial charge in [-0.3, -0.25) is 4.79 Å². The molecule has 24 heavy (non-hydrogen) atoms. The van der Waals surface area contributed by atoms with Crippen LogP contribution in [0.2, 0.25) is 0 Å². The van der Waals surface area contributed by atoms with Gasteiger partial charge in [-0.25, -0.2) is 9.97 Å². The molecule has 1 amide bonds. The zero-order valence-electron chi connectivity index (χ0n) is 13.9. The maximum absolute atomic E-state index is 12.3. The molecule has 0 aliphatic rings. The number of carbonyl (C=O) groups excluding carboxylic acids is 1. The van der Waals surface area contributed by atoms with Gasteiger partial charge in [0.1, 0.15) is 11.5 Å². The van der Waals surface area contributed by atoms with Crippen molar-refractivity contribution in [3.63, 3.8) is 0 Å². The predicted octanol–water partition coefficient (Wildman–Crippen LogP) is 1.58. The van der Waals surface area contributed by atoms with E-state index in [0.717, 1.165) is 5.56 Å². The van der Waals surface area contributed by atoms with Gasteiger partial charge in [-0.05, 0) is 0 Å². The van der Waals surface area contributed by atoms with E-state index in [2.05, 4.69) is 20.6 Å². The van der Waals surface area contributed by atoms with Crippen molar-refractivity contribution < 1.29 is 14.3 Å². The molecule has 2 aromatic rings. The Hall–Kier alpha value is -2.51. The average Bonchev–Trinajstić information content (AvgIpc) is 2.62. The van der Waals surface area contributed by atoms with Crippen molar-refractivity contribution in [3.05, 3.63) is 42.1 Å². The Kier molecular flexibility index (Phi) is 7.13. The van der Waals surface area contributed by atoms with Gasteiger partial charge >= 0.3 is 0 Å². The number of carbonyl (C=O) groups is 1. The van der Waals surface area contributed by atoms with Gasteiger partial charge in [-0.15, -0.1) is 0 Å². The molecule has 2 rings (SSSR count). The van der Waals surface area contributed by atoms with Gasteiger partial charge in [0.2, 0.25) is 0 Å². The van der Waals surface area contributed by atoms with Crippen LogP contribution in [0.1, 0.15) is 10.5 Å². The fraction of sp³-hybridized carbons (Fsp3) is 0.353. The third-order valence-corrected chi connectivity index (χ3v) is 3.19. The largest absolute Gasteiger partial charge is 0.383 e. The number of amides is 1. The lowest BCUT2D eigenvalue weighted by Crippen LogP contribution is -2.28. The molecule has 2 N–H and O–H groups in total. The van der Waals surface area contributed by atoms with Gasteiger partial charge in [0.25, 0.3) is 5.91 Å². The zero-order valence-corrected chi connectivity index (χ0v) is 13.9. The summed E-state index contributed by atoms with van der Waals surface area (Å²) in [5.41, 5.74) is 1.15. The van der Waals surface area contributed by atoms with Crippen LogP contribution in [-0.2, 0) is 9.47 Å². The van der Waals surface area contributed by atoms with E-state index in [1.54, 1.807) is 20.3 Å². The number of nitrogens with one attached hydrogen (secondary N) is 2. The number of anilines is 1. The molecule has 0 radical (unpaired) electrons. The standard InChI is InChI=1S/C17H22N4O3/c1-23-10-8-18-15-12-14(17(22)19-9-11-24-2)20-16(21-15)13-6-4-3-5-7-13/h3-7,12H,8-11H2,1-2H3,(H,19,22)(H,18,20,21). The van der Waals surface area contributed by atoms with Gasteiger partial charge in [0, 0.05) is 38.9 Å². The first-order chi connectivity index (χ1) is 11.7. The van der Waals surface area contributed by atoms with Crippen LogP contribution in [0.15, 0.2) is 36.4 Å². The van der Waals surface area contributed by atoms with Crippen molar-refractivity contribution in [1.82, 2.24) is 15.3 Å². The summed E-state index contributed by atoms with van der Waals surface area (Å²) in [7, 11) is 3.22. The topological polar surface area (TPSA) is 85.4 Å². The maximum Gasteiger partial charge on any atom is 0.270 e. The first kappa shape index (κ1) is 17.8. The molecule has 1 heterocycles. The van der Waals surface area contributed by atoms with Crippen molar-refractivity contribution in [1.29, 1.82) is 0 Å². The smallest absolute Gasteiger partial charge is 0.270 e. The fourth-order valence-electron chi connectivity index (χ4n) is 2.01. The third-order valence-electron chi connectivity index (χ3n) is 3.19. The summed E-state index contributed by atoms with van der Waals surface area (Å²) < 4.78 is 9.96. The van der Waals surface area contributed by atoms with Crippen LogP contribution >= 0.6 is 0 Å². The molecule has 0 unspecified atom stereocenters. The summed E-state index contributed by atoms with van der Waals surface area (Å²) in [5, 5.41) is 5.90. The predicted molar refractivity (Wildman–Crippen MR) is 92.0 cm³/mol. The molecule has 1 aromatic heterocycles. The highest BCUT2D eigenvalue weighted by Crippen LogP contribution is 2.17. The SMILES string of the molecule is COCCNC(=O)c1cc(NCCOC)nc(-c2ccccc2)n1. The molecule has 0 fully saturated rings. The Morgan fingerprint density at radius 2 is 1.75 bits per heavy atom. The molecule has 0 aliphatic heterocycles. The highest BCUT2D eigenvalue weighted by atomic mass is 16.5. The molecule has 0 bridgehead atoms. The zero-order chi connectivity index (χ0) is 17.2. The van der Waals surface area contributed by atoms with Crippen molar-refractivity contribution >= 4 is 11.7 Å². The first-order valence-corrected chi connectivity index (χ1v) is 7.69. The van der Waals surface area contributed by atoms with Gasteiger partial charge in [-0.1, -0.05) is 30.3 Å². The van der Waals surface area contributed by atoms with Crippen molar-refractivity contribution in [2.75, 3.05) is 45.8 Å². The summed E-state index contributed by atoms with van der Waals surface area (Å²) >= 11 is 0. The van der Waals surface area contributed by atoms with E-state index < -0.39 is 0 Å². The molecule has 0 saturated carbocycles. The highest BCUT2D eigenvalue weighted by Gasteiger charge is 2.12. The monoisotopic (exact) mass is 330 g/mol. The molecule has 0 atom stereocenters. The summed E-state index contributed by atoms with van der Waals surface area (Å²) in [5.74, 6) is 0.814. The van der Waals surface area contributed by atoms with Gasteiger partial charge in [0.05, 0.1) is 13.2 Å². The number of benzene rings is 1. The second kappa shape index (κ2) is 9.59. The summed E-state index contributed by atoms with van der Waals surface area (Å²) in [4.78, 5) is 21.1. The average molecular weight is 330 g/mol. The van der Waals surface area contributed by atoms with Gasteiger partial charge in [-0.2, -0.15) is 0 Å². The van der Waals surface area contributed by atoms with E-state index in [1.165, 1.54) is 0 Å². The molecule has 7 heteroatoms. The van der Waals surface area contributed by atoms with E-state index in [0.29, 0.717) is 43.6 Å². The quantitative estimate of drug-likeness (QED) is 0.679. The van der Waals surface area contributed by atoms with E-state index in [4.69, 9.17) is 9.47 Å². The second-order valence-electron chi connectivity index (χ2n) is 5.00. The first-order valence-electron chi connectivity index (χ1n) is 7.69. The van der Waals surface area contributed by atoms with E-state index in [1.807, 2.05) is 30.3 Å². The molecular formula is C17H22N4O3. The van der Waals surface area contributed by atoms with Gasteiger partial charge < -0.3 is 20.1 Å². The summed E-state index contributed by atoms with van der Waals surface area (Å²) in [6.45, 7) is 2.00. The lowest BCUT2D eigenvalue weighted by molar-refractivity contribution is 0.0932. The van der Waals surface area contributed by atoms with E-state index >= 15 is 0 Å². The minimum Gasteiger partial charge on any atom is -0.383 e. The van der Waals surface area contributed by atoms with Crippen molar-refractivity contribution in [2.24, 2.45) is 0 Å². The summed E-state index contributed by atoms with van der Waals surface area (Å²) in [6, 6.07) is 11.2. The molecule has 7 nitrogen and oxygen atoms in total. The van der Waals surface area contributed by atoms with Crippen LogP contribution in [0, 0.1) is 0 Å². The van der Waals surface area contributed by atoms with Crippen LogP contribution in [0.3, 0.4) is 0 Å². The van der Waals surface area contributed by atoms with Crippen LogP contribution < -0.4 is 10.6 Å². The number of aromatic nitrogens is 2. The number of nitrogens with zero attached hydrogens (tertiary/aromatic N) is 2. The number of methoxy groups -OCH3 is 2. The number of ether oxygens (including phenoxy) is 2. The molecule has 0 aliphatic carbocycles. The van der Waals surface area contributed by atoms with Crippen molar-refractivity contribution in [3.8, 4) is 11.4 Å². The van der Waals surface area contributed by atoms with Crippen LogP contribution in [0.5, 0.6) is 0 Å². The number of rotatable bonds is 9.